The third-order valence-corrected chi connectivity index (χ3v) is 9.67. The monoisotopic (exact) mass is 695 g/mol. The predicted octanol–water partition coefficient (Wildman–Crippen LogP) is 5.00. The Bertz CT molecular complexity index is 2090. The zero-order valence-electron chi connectivity index (χ0n) is 26.6. The van der Waals surface area contributed by atoms with Crippen LogP contribution < -0.4 is 21.3 Å². The van der Waals surface area contributed by atoms with E-state index in [1.807, 2.05) is 6.07 Å². The van der Waals surface area contributed by atoms with Gasteiger partial charge in [0.05, 0.1) is 41.1 Å². The molecule has 1 aliphatic carbocycles. The Hall–Kier alpha value is -4.52. The average molecular weight is 697 g/mol. The number of aromatic nitrogens is 3. The largest absolute Gasteiger partial charge is 0.481 e. The van der Waals surface area contributed by atoms with Crippen molar-refractivity contribution < 1.29 is 23.5 Å². The molecule has 2 aliphatic rings. The Morgan fingerprint density at radius 3 is 2.52 bits per heavy atom. The summed E-state index contributed by atoms with van der Waals surface area (Å²) in [6, 6.07) is 9.49. The molecule has 2 aromatic carbocycles. The standard InChI is InChI=1S/C34H32Cl2FN5O6/c1-5-48-33(45)18-14-42(15-18)25-12-9-17-13-24(39-31(47-4)26(17)25)19-7-6-8-20(28(19)35)27-22(37)10-11-23(29(27)36)38-30(43)21-16-40(2)34(46)41(3)32(21)44/h6-8,10-11,13,16,18,25H,5,9,12,14-15H2,1-4H3,(H,38,43). The van der Waals surface area contributed by atoms with Gasteiger partial charge < -0.3 is 19.4 Å². The van der Waals surface area contributed by atoms with Crippen molar-refractivity contribution in [2.45, 2.75) is 25.8 Å². The number of aryl methyl sites for hydroxylation is 2. The van der Waals surface area contributed by atoms with Gasteiger partial charge in [-0.2, -0.15) is 0 Å². The molecule has 6 rings (SSSR count). The minimum Gasteiger partial charge on any atom is -0.481 e. The molecule has 1 N–H and O–H groups in total. The molecule has 3 heterocycles. The maximum Gasteiger partial charge on any atom is 0.330 e. The van der Waals surface area contributed by atoms with E-state index in [0.717, 1.165) is 45.4 Å². The van der Waals surface area contributed by atoms with Crippen LogP contribution >= 0.6 is 23.2 Å². The number of hydrogen-bond donors (Lipinski definition) is 1. The van der Waals surface area contributed by atoms with Gasteiger partial charge in [0, 0.05) is 61.7 Å². The maximum absolute atomic E-state index is 15.5. The molecule has 11 nitrogen and oxygen atoms in total. The molecule has 1 aliphatic heterocycles. The molecule has 1 saturated heterocycles. The number of nitrogens with one attached hydrogen (secondary N) is 1. The Morgan fingerprint density at radius 1 is 1.08 bits per heavy atom. The third-order valence-electron chi connectivity index (χ3n) is 8.87. The van der Waals surface area contributed by atoms with Crippen molar-refractivity contribution in [1.82, 2.24) is 19.0 Å². The van der Waals surface area contributed by atoms with E-state index in [9.17, 15) is 19.2 Å². The first-order valence-corrected chi connectivity index (χ1v) is 16.0. The van der Waals surface area contributed by atoms with Gasteiger partial charge in [0.25, 0.3) is 11.5 Å². The number of amides is 1. The number of nitrogens with zero attached hydrogens (tertiary/aromatic N) is 4. The lowest BCUT2D eigenvalue weighted by Gasteiger charge is -2.42. The summed E-state index contributed by atoms with van der Waals surface area (Å²) in [5.41, 5.74) is 1.61. The number of pyridine rings is 1. The van der Waals surface area contributed by atoms with Crippen LogP contribution in [0.15, 0.2) is 52.2 Å². The molecule has 1 atom stereocenters. The smallest absolute Gasteiger partial charge is 0.330 e. The molecule has 0 radical (unpaired) electrons. The van der Waals surface area contributed by atoms with E-state index in [1.165, 1.54) is 20.2 Å². The van der Waals surface area contributed by atoms with E-state index in [-0.39, 0.29) is 50.4 Å². The zero-order valence-corrected chi connectivity index (χ0v) is 28.1. The second-order valence-corrected chi connectivity index (χ2v) is 12.5. The predicted molar refractivity (Wildman–Crippen MR) is 179 cm³/mol. The number of likely N-dealkylation sites (tertiary alicyclic amines) is 1. The van der Waals surface area contributed by atoms with E-state index in [4.69, 9.17) is 37.7 Å². The van der Waals surface area contributed by atoms with E-state index in [0.29, 0.717) is 36.8 Å². The van der Waals surface area contributed by atoms with E-state index in [2.05, 4.69) is 10.2 Å². The number of hydrogen-bond acceptors (Lipinski definition) is 8. The highest BCUT2D eigenvalue weighted by atomic mass is 35.5. The quantitative estimate of drug-likeness (QED) is 0.256. The Labute approximate surface area is 284 Å². The number of anilines is 1. The minimum atomic E-state index is -0.826. The van der Waals surface area contributed by atoms with Crippen LogP contribution in [0.25, 0.3) is 22.4 Å². The maximum atomic E-state index is 15.5. The van der Waals surface area contributed by atoms with Crippen molar-refractivity contribution in [2.24, 2.45) is 20.0 Å². The lowest BCUT2D eigenvalue weighted by atomic mass is 9.95. The second-order valence-electron chi connectivity index (χ2n) is 11.8. The Morgan fingerprint density at radius 2 is 1.81 bits per heavy atom. The van der Waals surface area contributed by atoms with E-state index in [1.54, 1.807) is 32.2 Å². The molecule has 1 unspecified atom stereocenters. The first kappa shape index (κ1) is 33.4. The van der Waals surface area contributed by atoms with Crippen molar-refractivity contribution in [3.63, 3.8) is 0 Å². The van der Waals surface area contributed by atoms with E-state index < -0.39 is 23.0 Å². The number of methoxy groups -OCH3 is 1. The summed E-state index contributed by atoms with van der Waals surface area (Å²) < 4.78 is 28.3. The molecule has 0 saturated carbocycles. The van der Waals surface area contributed by atoms with Crippen LogP contribution in [0.5, 0.6) is 5.88 Å². The van der Waals surface area contributed by atoms with Gasteiger partial charge in [0.15, 0.2) is 0 Å². The molecule has 1 fully saturated rings. The number of esters is 1. The third kappa shape index (κ3) is 5.78. The number of ether oxygens (including phenoxy) is 2. The van der Waals surface area contributed by atoms with Crippen LogP contribution in [0.4, 0.5) is 10.1 Å². The fourth-order valence-electron chi connectivity index (χ4n) is 6.39. The van der Waals surface area contributed by atoms with Crippen LogP contribution in [0.3, 0.4) is 0 Å². The summed E-state index contributed by atoms with van der Waals surface area (Å²) in [7, 11) is 4.23. The highest BCUT2D eigenvalue weighted by Gasteiger charge is 2.42. The number of rotatable bonds is 8. The summed E-state index contributed by atoms with van der Waals surface area (Å²) in [5.74, 6) is -1.39. The van der Waals surface area contributed by atoms with Crippen LogP contribution in [0, 0.1) is 11.7 Å². The van der Waals surface area contributed by atoms with Crippen LogP contribution in [-0.4, -0.2) is 57.7 Å². The van der Waals surface area contributed by atoms with Gasteiger partial charge in [-0.25, -0.2) is 14.2 Å². The number of fused-ring (bicyclic) bond motifs is 1. The van der Waals surface area contributed by atoms with Crippen molar-refractivity contribution in [2.75, 3.05) is 32.1 Å². The average Bonchev–Trinajstić information content (AvgIpc) is 3.46. The molecule has 250 valence electrons. The summed E-state index contributed by atoms with van der Waals surface area (Å²) >= 11 is 13.6. The molecular formula is C34H32Cl2FN5O6. The van der Waals surface area contributed by atoms with E-state index >= 15 is 4.39 Å². The topological polar surface area (TPSA) is 125 Å². The van der Waals surface area contributed by atoms with Crippen LogP contribution in [0.1, 0.15) is 40.9 Å². The first-order chi connectivity index (χ1) is 22.9. The lowest BCUT2D eigenvalue weighted by Crippen LogP contribution is -2.51. The zero-order chi connectivity index (χ0) is 34.4. The summed E-state index contributed by atoms with van der Waals surface area (Å²) in [6.07, 6.45) is 2.73. The number of carbonyl (C=O) groups excluding carboxylic acids is 2. The number of halogens is 3. The summed E-state index contributed by atoms with van der Waals surface area (Å²) in [6.45, 7) is 3.36. The van der Waals surface area contributed by atoms with Crippen LogP contribution in [0.2, 0.25) is 10.0 Å². The van der Waals surface area contributed by atoms with Crippen molar-refractivity contribution in [3.8, 4) is 28.3 Å². The molecular weight excluding hydrogens is 664 g/mol. The van der Waals surface area contributed by atoms with Gasteiger partial charge in [-0.15, -0.1) is 0 Å². The minimum absolute atomic E-state index is 0.0370. The van der Waals surface area contributed by atoms with Gasteiger partial charge in [-0.3, -0.25) is 23.9 Å². The molecule has 14 heteroatoms. The molecule has 4 aromatic rings. The van der Waals surface area contributed by atoms with Gasteiger partial charge in [-0.1, -0.05) is 41.4 Å². The SMILES string of the molecule is CCOC(=O)C1CN(C2CCc3cc(-c4cccc(-c5c(F)ccc(NC(=O)c6cn(C)c(=O)n(C)c6=O)c5Cl)c4Cl)nc(OC)c32)C1. The molecule has 0 spiro atoms. The molecule has 1 amide bonds. The number of carbonyl (C=O) groups is 2. The highest BCUT2D eigenvalue weighted by Crippen LogP contribution is 2.47. The fourth-order valence-corrected chi connectivity index (χ4v) is 7.01. The van der Waals surface area contributed by atoms with Gasteiger partial charge in [0.2, 0.25) is 5.88 Å². The van der Waals surface area contributed by atoms with Gasteiger partial charge in [0.1, 0.15) is 11.4 Å². The first-order valence-electron chi connectivity index (χ1n) is 15.3. The van der Waals surface area contributed by atoms with Gasteiger partial charge in [-0.05, 0) is 43.5 Å². The van der Waals surface area contributed by atoms with Crippen molar-refractivity contribution in [3.05, 3.63) is 96.0 Å². The molecule has 2 aromatic heterocycles. The van der Waals surface area contributed by atoms with Gasteiger partial charge >= 0.3 is 11.7 Å². The van der Waals surface area contributed by atoms with Crippen molar-refractivity contribution in [1.29, 1.82) is 0 Å². The lowest BCUT2D eigenvalue weighted by molar-refractivity contribution is -0.155. The fraction of sp³-hybridized carbons (Fsp3) is 0.324. The molecule has 0 bridgehead atoms. The Balaban J connectivity index is 1.32. The summed E-state index contributed by atoms with van der Waals surface area (Å²) in [4.78, 5) is 57.0. The van der Waals surface area contributed by atoms with Crippen molar-refractivity contribution >= 4 is 40.8 Å². The molecule has 48 heavy (non-hydrogen) atoms. The van der Waals surface area contributed by atoms with Crippen LogP contribution in [-0.2, 0) is 30.0 Å². The number of benzene rings is 2. The second kappa shape index (κ2) is 13.2. The Kier molecular flexibility index (Phi) is 9.16. The highest BCUT2D eigenvalue weighted by molar-refractivity contribution is 6.39. The summed E-state index contributed by atoms with van der Waals surface area (Å²) in [5, 5.41) is 2.60. The normalized spacial score (nSPS) is 15.9.